The van der Waals surface area contributed by atoms with Crippen LogP contribution in [0.25, 0.3) is 10.9 Å². The Balaban J connectivity index is 2.32. The molecule has 1 aliphatic heterocycles. The summed E-state index contributed by atoms with van der Waals surface area (Å²) in [4.78, 5) is 26.5. The number of carbonyl (C=O) groups is 1. The topological polar surface area (TPSA) is 65.8 Å². The van der Waals surface area contributed by atoms with E-state index in [1.54, 1.807) is 0 Å². The third-order valence-corrected chi connectivity index (χ3v) is 5.58. The number of piperazine rings is 1. The number of benzene rings is 1. The fraction of sp³-hybridized carbons (Fsp3) is 0.545. The molecule has 2 aromatic rings. The van der Waals surface area contributed by atoms with E-state index in [0.717, 1.165) is 18.7 Å². The largest absolute Gasteiger partial charge is 0.477 e. The summed E-state index contributed by atoms with van der Waals surface area (Å²) in [6, 6.07) is -4.85. The van der Waals surface area contributed by atoms with Crippen molar-refractivity contribution in [3.8, 4) is 0 Å². The lowest BCUT2D eigenvalue weighted by Gasteiger charge is -2.51. The van der Waals surface area contributed by atoms with Gasteiger partial charge in [-0.1, -0.05) is 0 Å². The Kier molecular flexibility index (Phi) is 2.18. The molecule has 1 aromatic carbocycles. The van der Waals surface area contributed by atoms with Crippen molar-refractivity contribution in [3.63, 3.8) is 0 Å². The van der Waals surface area contributed by atoms with Crippen LogP contribution in [0.4, 0.5) is 10.1 Å². The molecule has 2 aliphatic rings. The van der Waals surface area contributed by atoms with Crippen LogP contribution >= 0.6 is 0 Å². The second-order valence-corrected chi connectivity index (χ2v) is 7.68. The molecule has 1 aliphatic carbocycles. The van der Waals surface area contributed by atoms with Gasteiger partial charge in [-0.2, -0.15) is 0 Å². The number of pyridine rings is 1. The minimum Gasteiger partial charge on any atom is -0.477 e. The lowest BCUT2D eigenvalue weighted by Crippen LogP contribution is -2.63. The minimum absolute atomic E-state index is 0.317. The monoisotopic (exact) mass is 413 g/mol. The number of carboxylic acids is 1. The summed E-state index contributed by atoms with van der Waals surface area (Å²) in [7, 11) is 1.21. The molecule has 1 saturated carbocycles. The first kappa shape index (κ1) is 10.1. The van der Waals surface area contributed by atoms with Gasteiger partial charge in [-0.15, -0.1) is 0 Å². The van der Waals surface area contributed by atoms with E-state index >= 15 is 4.39 Å². The number of fused-ring (bicyclic) bond motifs is 1. The van der Waals surface area contributed by atoms with E-state index in [9.17, 15) is 14.7 Å². The fourth-order valence-electron chi connectivity index (χ4n) is 3.06. The van der Waals surface area contributed by atoms with Gasteiger partial charge in [0.25, 0.3) is 0 Å². The quantitative estimate of drug-likeness (QED) is 0.837. The maximum Gasteiger partial charge on any atom is 0.341 e. The van der Waals surface area contributed by atoms with Crippen molar-refractivity contribution in [1.29, 1.82) is 0 Å². The Morgan fingerprint density at radius 3 is 2.59 bits per heavy atom. The van der Waals surface area contributed by atoms with Crippen molar-refractivity contribution in [2.24, 2.45) is 0 Å². The summed E-state index contributed by atoms with van der Waals surface area (Å²) in [6.45, 7) is -1.41. The van der Waals surface area contributed by atoms with Gasteiger partial charge in [0, 0.05) is 49.9 Å². The number of nitrogens with zero attached hydrogens (tertiary/aromatic N) is 3. The number of halogens is 1. The van der Waals surface area contributed by atoms with Crippen LogP contribution < -0.4 is 10.3 Å². The normalized spacial score (nSPS) is 38.9. The third-order valence-electron chi connectivity index (χ3n) is 5.58. The third kappa shape index (κ3) is 2.94. The van der Waals surface area contributed by atoms with Crippen LogP contribution in [0.2, 0.25) is 0 Å². The summed E-state index contributed by atoms with van der Waals surface area (Å²) in [5.74, 6) is -3.76. The van der Waals surface area contributed by atoms with E-state index in [-0.39, 0.29) is 0 Å². The molecule has 0 spiro atoms. The Morgan fingerprint density at radius 2 is 2.00 bits per heavy atom. The van der Waals surface area contributed by atoms with Gasteiger partial charge >= 0.3 is 5.97 Å². The van der Waals surface area contributed by atoms with Gasteiger partial charge in [-0.25, -0.2) is 9.18 Å². The summed E-state index contributed by atoms with van der Waals surface area (Å²) < 4.78 is 119. The van der Waals surface area contributed by atoms with Gasteiger partial charge in [-0.3, -0.25) is 9.69 Å². The van der Waals surface area contributed by atoms with E-state index in [0.29, 0.717) is 9.47 Å². The first-order valence-corrected chi connectivity index (χ1v) is 8.81. The highest BCUT2D eigenvalue weighted by molar-refractivity contribution is 5.93. The zero-order valence-corrected chi connectivity index (χ0v) is 16.5. The molecule has 6 nitrogen and oxygen atoms in total. The fourth-order valence-corrected chi connectivity index (χ4v) is 3.06. The first-order valence-electron chi connectivity index (χ1n) is 14.8. The van der Waals surface area contributed by atoms with Crippen molar-refractivity contribution in [2.75, 3.05) is 24.9 Å². The van der Waals surface area contributed by atoms with Crippen molar-refractivity contribution < 1.29 is 30.7 Å². The minimum atomic E-state index is -3.28. The second-order valence-electron chi connectivity index (χ2n) is 7.68. The molecule has 0 amide bonds. The SMILES string of the molecule is [2H]c1c(F)c(N2C([2H])([2H])C([2H])([2H])N(C)C(C)(C)C2([2H])C)c([2H])c2c1c(=O)c(C(=O)O)c([2H])n2C1(C)C([2H])([2H])C1([2H])[2H]. The summed E-state index contributed by atoms with van der Waals surface area (Å²) in [5, 5.41) is 8.60. The summed E-state index contributed by atoms with van der Waals surface area (Å²) in [5.41, 5.74) is -9.06. The molecule has 4 rings (SSSR count). The van der Waals surface area contributed by atoms with Crippen LogP contribution in [-0.4, -0.2) is 52.1 Å². The Bertz CT molecular complexity index is 1560. The van der Waals surface area contributed by atoms with E-state index in [1.807, 2.05) is 0 Å². The van der Waals surface area contributed by atoms with Gasteiger partial charge in [-0.05, 0) is 59.6 Å². The molecule has 0 radical (unpaired) electrons. The lowest BCUT2D eigenvalue weighted by molar-refractivity contribution is 0.0694. The second kappa shape index (κ2) is 6.29. The zero-order valence-electron chi connectivity index (χ0n) is 28.5. The standard InChI is InChI=1S/C22H28FN3O3/c1-13-21(2,3)24(5)8-9-25(13)18-11-17-14(10-16(18)23)19(27)15(20(28)29)12-26(17)22(4)6-7-22/h10-13H,6-9H2,1-5H3,(H,28,29)/i6D2,7D2,8D2,9D2,10D,11D,12D,13D. The maximum atomic E-state index is 16.2. The molecule has 1 aromatic heterocycles. The molecule has 2 heterocycles. The van der Waals surface area contributed by atoms with Crippen LogP contribution in [-0.2, 0) is 5.54 Å². The molecule has 0 bridgehead atoms. The number of likely N-dealkylation sites (N-methyl/N-ethyl adjacent to an activating group) is 1. The van der Waals surface area contributed by atoms with Crippen LogP contribution in [0.3, 0.4) is 0 Å². The molecule has 1 saturated heterocycles. The predicted molar refractivity (Wildman–Crippen MR) is 112 cm³/mol. The van der Waals surface area contributed by atoms with Crippen LogP contribution in [0.1, 0.15) is 67.2 Å². The van der Waals surface area contributed by atoms with Crippen molar-refractivity contribution in [1.82, 2.24) is 9.47 Å². The average molecular weight is 414 g/mol. The predicted octanol–water partition coefficient (Wildman–Crippen LogP) is 3.27. The highest BCUT2D eigenvalue weighted by Gasteiger charge is 2.42. The molecule has 156 valence electrons. The number of carboxylic acid groups (broad SMARTS) is 1. The number of aromatic carboxylic acids is 1. The molecule has 1 N–H and O–H groups in total. The Morgan fingerprint density at radius 1 is 1.34 bits per heavy atom. The molecular formula is C22H28FN3O3. The Labute approximate surface area is 186 Å². The highest BCUT2D eigenvalue weighted by Crippen LogP contribution is 2.45. The lowest BCUT2D eigenvalue weighted by atomic mass is 9.89. The van der Waals surface area contributed by atoms with Gasteiger partial charge in [0.05, 0.1) is 19.4 Å². The zero-order chi connectivity index (χ0) is 32.0. The van der Waals surface area contributed by atoms with Gasteiger partial charge in [0.15, 0.2) is 0 Å². The van der Waals surface area contributed by atoms with Gasteiger partial charge in [0.2, 0.25) is 5.43 Å². The van der Waals surface area contributed by atoms with Gasteiger partial charge in [0.1, 0.15) is 11.4 Å². The van der Waals surface area contributed by atoms with Crippen LogP contribution in [0.15, 0.2) is 23.1 Å². The van der Waals surface area contributed by atoms with Crippen LogP contribution in [0.5, 0.6) is 0 Å². The van der Waals surface area contributed by atoms with Gasteiger partial charge < -0.3 is 14.6 Å². The average Bonchev–Trinajstić information content (AvgIpc) is 3.13. The first-order chi connectivity index (χ1) is 18.1. The highest BCUT2D eigenvalue weighted by atomic mass is 19.1. The molecular weight excluding hydrogens is 373 g/mol. The van der Waals surface area contributed by atoms with Crippen LogP contribution in [0, 0.1) is 5.82 Å². The van der Waals surface area contributed by atoms with E-state index in [1.165, 1.54) is 20.9 Å². The Hall–Kier alpha value is -2.41. The van der Waals surface area contributed by atoms with E-state index in [4.69, 9.17) is 16.4 Å². The number of hydrogen-bond acceptors (Lipinski definition) is 4. The maximum absolute atomic E-state index is 16.2. The van der Waals surface area contributed by atoms with E-state index < -0.39 is 100 Å². The summed E-state index contributed by atoms with van der Waals surface area (Å²) in [6.07, 6.45) is -6.87. The van der Waals surface area contributed by atoms with Crippen molar-refractivity contribution >= 4 is 22.6 Å². The molecule has 1 atom stereocenters. The summed E-state index contributed by atoms with van der Waals surface area (Å²) >= 11 is 0. The number of hydrogen-bond donors (Lipinski definition) is 1. The number of rotatable bonds is 3. The smallest absolute Gasteiger partial charge is 0.341 e. The van der Waals surface area contributed by atoms with Crippen molar-refractivity contribution in [3.05, 3.63) is 39.9 Å². The van der Waals surface area contributed by atoms with E-state index in [2.05, 4.69) is 0 Å². The molecule has 7 heteroatoms. The molecule has 2 fully saturated rings. The molecule has 29 heavy (non-hydrogen) atoms. The number of anilines is 1. The molecule has 1 unspecified atom stereocenters. The number of aromatic nitrogens is 1. The van der Waals surface area contributed by atoms with Crippen molar-refractivity contribution in [2.45, 2.75) is 57.5 Å².